The highest BCUT2D eigenvalue weighted by Gasteiger charge is 2.33. The SMILES string of the molecule is Cc1[nH]c2c(-c3cc(C(F)(F)F)ccc3OCC3CC3)ncnc2c1C(=O)N[C@H]1CC[C@H](N)CC1.Cl. The van der Waals surface area contributed by atoms with Gasteiger partial charge in [-0.25, -0.2) is 9.97 Å². The second-order valence-electron chi connectivity index (χ2n) is 9.62. The van der Waals surface area contributed by atoms with Gasteiger partial charge in [0.1, 0.15) is 23.3 Å². The first-order valence-electron chi connectivity index (χ1n) is 11.9. The molecule has 0 radical (unpaired) electrons. The first-order valence-corrected chi connectivity index (χ1v) is 11.9. The van der Waals surface area contributed by atoms with Gasteiger partial charge in [-0.1, -0.05) is 0 Å². The second-order valence-corrected chi connectivity index (χ2v) is 9.62. The third-order valence-electron chi connectivity index (χ3n) is 6.84. The van der Waals surface area contributed by atoms with Crippen LogP contribution in [0.4, 0.5) is 13.2 Å². The fourth-order valence-corrected chi connectivity index (χ4v) is 4.63. The first-order chi connectivity index (χ1) is 16.7. The van der Waals surface area contributed by atoms with Crippen molar-refractivity contribution in [2.45, 2.75) is 63.7 Å². The molecule has 3 aromatic rings. The molecule has 1 aromatic carbocycles. The summed E-state index contributed by atoms with van der Waals surface area (Å²) in [6, 6.07) is 3.59. The number of nitrogens with zero attached hydrogens (tertiary/aromatic N) is 2. The van der Waals surface area contributed by atoms with Gasteiger partial charge in [0.05, 0.1) is 23.3 Å². The van der Waals surface area contributed by atoms with Crippen molar-refractivity contribution in [3.8, 4) is 17.0 Å². The van der Waals surface area contributed by atoms with Crippen molar-refractivity contribution in [1.82, 2.24) is 20.3 Å². The summed E-state index contributed by atoms with van der Waals surface area (Å²) in [5.41, 5.74) is 7.34. The maximum absolute atomic E-state index is 13.5. The van der Waals surface area contributed by atoms with Crippen LogP contribution in [0.1, 0.15) is 60.1 Å². The predicted molar refractivity (Wildman–Crippen MR) is 132 cm³/mol. The summed E-state index contributed by atoms with van der Waals surface area (Å²) in [7, 11) is 0. The van der Waals surface area contributed by atoms with Crippen molar-refractivity contribution in [3.05, 3.63) is 41.3 Å². The number of nitrogens with two attached hydrogens (primary N) is 1. The summed E-state index contributed by atoms with van der Waals surface area (Å²) in [6.45, 7) is 2.18. The van der Waals surface area contributed by atoms with E-state index >= 15 is 0 Å². The van der Waals surface area contributed by atoms with Gasteiger partial charge < -0.3 is 20.8 Å². The van der Waals surface area contributed by atoms with E-state index in [2.05, 4.69) is 20.3 Å². The number of nitrogens with one attached hydrogen (secondary N) is 2. The highest BCUT2D eigenvalue weighted by molar-refractivity contribution is 6.09. The van der Waals surface area contributed by atoms with Crippen molar-refractivity contribution in [2.75, 3.05) is 6.61 Å². The molecule has 2 heterocycles. The third kappa shape index (κ3) is 5.44. The minimum Gasteiger partial charge on any atom is -0.493 e. The number of carbonyl (C=O) groups is 1. The zero-order chi connectivity index (χ0) is 24.7. The van der Waals surface area contributed by atoms with E-state index in [0.29, 0.717) is 40.6 Å². The molecule has 36 heavy (non-hydrogen) atoms. The molecule has 0 saturated heterocycles. The molecular weight excluding hydrogens is 495 g/mol. The maximum atomic E-state index is 13.5. The Morgan fingerprint density at radius 2 is 1.89 bits per heavy atom. The number of amides is 1. The number of benzene rings is 1. The number of hydrogen-bond acceptors (Lipinski definition) is 5. The van der Waals surface area contributed by atoms with Crippen LogP contribution in [0.15, 0.2) is 24.5 Å². The summed E-state index contributed by atoms with van der Waals surface area (Å²) in [5, 5.41) is 3.07. The molecule has 0 bridgehead atoms. The van der Waals surface area contributed by atoms with E-state index in [1.165, 1.54) is 12.4 Å². The fraction of sp³-hybridized carbons (Fsp3) is 0.480. The zero-order valence-electron chi connectivity index (χ0n) is 19.8. The van der Waals surface area contributed by atoms with E-state index < -0.39 is 11.7 Å². The number of carbonyl (C=O) groups excluding carboxylic acids is 1. The van der Waals surface area contributed by atoms with E-state index in [1.807, 2.05) is 0 Å². The van der Waals surface area contributed by atoms with Crippen LogP contribution in [-0.2, 0) is 6.18 Å². The van der Waals surface area contributed by atoms with Crippen molar-refractivity contribution in [1.29, 1.82) is 0 Å². The molecule has 11 heteroatoms. The smallest absolute Gasteiger partial charge is 0.416 e. The van der Waals surface area contributed by atoms with Gasteiger partial charge in [0.25, 0.3) is 5.91 Å². The Balaban J connectivity index is 0.00000304. The number of H-pyrrole nitrogens is 1. The van der Waals surface area contributed by atoms with Crippen LogP contribution in [0.25, 0.3) is 22.3 Å². The van der Waals surface area contributed by atoms with Crippen LogP contribution in [-0.4, -0.2) is 39.5 Å². The zero-order valence-corrected chi connectivity index (χ0v) is 20.6. The van der Waals surface area contributed by atoms with Crippen LogP contribution >= 0.6 is 12.4 Å². The van der Waals surface area contributed by atoms with Gasteiger partial charge in [0, 0.05) is 23.3 Å². The van der Waals surface area contributed by atoms with Crippen LogP contribution in [0.5, 0.6) is 5.75 Å². The number of rotatable bonds is 6. The van der Waals surface area contributed by atoms with Crippen LogP contribution in [0.2, 0.25) is 0 Å². The number of aryl methyl sites for hydroxylation is 1. The van der Waals surface area contributed by atoms with Crippen molar-refractivity contribution in [2.24, 2.45) is 11.7 Å². The molecular formula is C25H29ClF3N5O2. The largest absolute Gasteiger partial charge is 0.493 e. The van der Waals surface area contributed by atoms with Gasteiger partial charge in [-0.15, -0.1) is 12.4 Å². The van der Waals surface area contributed by atoms with Gasteiger partial charge in [-0.3, -0.25) is 4.79 Å². The summed E-state index contributed by atoms with van der Waals surface area (Å²) < 4.78 is 46.5. The van der Waals surface area contributed by atoms with Gasteiger partial charge in [-0.05, 0) is 69.6 Å². The molecule has 0 spiro atoms. The quantitative estimate of drug-likeness (QED) is 0.414. The Morgan fingerprint density at radius 1 is 1.17 bits per heavy atom. The van der Waals surface area contributed by atoms with Gasteiger partial charge >= 0.3 is 6.18 Å². The standard InChI is InChI=1S/C25H28F3N5O2.ClH/c1-13-20(24(34)33-17-7-5-16(29)6-8-17)22-23(32-13)21(30-12-31-22)18-10-15(25(26,27)28)4-9-19(18)35-11-14-2-3-14;/h4,9-10,12,14,16-17,32H,2-3,5-8,11,29H2,1H3,(H,33,34);1H/t16-,17-;. The molecule has 7 nitrogen and oxygen atoms in total. The van der Waals surface area contributed by atoms with Crippen LogP contribution in [0, 0.1) is 12.8 Å². The van der Waals surface area contributed by atoms with Crippen molar-refractivity contribution in [3.63, 3.8) is 0 Å². The summed E-state index contributed by atoms with van der Waals surface area (Å²) in [4.78, 5) is 24.9. The van der Waals surface area contributed by atoms with E-state index in [0.717, 1.165) is 50.7 Å². The van der Waals surface area contributed by atoms with Gasteiger partial charge in [0.15, 0.2) is 0 Å². The number of hydrogen-bond donors (Lipinski definition) is 3. The number of aromatic nitrogens is 3. The first kappa shape index (κ1) is 26.2. The number of alkyl halides is 3. The fourth-order valence-electron chi connectivity index (χ4n) is 4.63. The Bertz CT molecular complexity index is 1250. The minimum absolute atomic E-state index is 0. The molecule has 5 rings (SSSR count). The number of aromatic amines is 1. The topological polar surface area (TPSA) is 106 Å². The number of fused-ring (bicyclic) bond motifs is 1. The Kier molecular flexibility index (Phi) is 7.47. The second kappa shape index (κ2) is 10.3. The molecule has 2 aromatic heterocycles. The molecule has 2 fully saturated rings. The average molecular weight is 524 g/mol. The molecule has 0 aliphatic heterocycles. The highest BCUT2D eigenvalue weighted by atomic mass is 35.5. The molecule has 1 amide bonds. The summed E-state index contributed by atoms with van der Waals surface area (Å²) in [5.74, 6) is 0.475. The van der Waals surface area contributed by atoms with E-state index in [4.69, 9.17) is 10.5 Å². The molecule has 2 aliphatic rings. The highest BCUT2D eigenvalue weighted by Crippen LogP contribution is 2.40. The maximum Gasteiger partial charge on any atom is 0.416 e. The summed E-state index contributed by atoms with van der Waals surface area (Å²) in [6.07, 6.45) is 2.17. The molecule has 194 valence electrons. The minimum atomic E-state index is -4.52. The molecule has 4 N–H and O–H groups in total. The Morgan fingerprint density at radius 3 is 2.56 bits per heavy atom. The van der Waals surface area contributed by atoms with Gasteiger partial charge in [-0.2, -0.15) is 13.2 Å². The predicted octanol–water partition coefficient (Wildman–Crippen LogP) is 5.16. The van der Waals surface area contributed by atoms with Crippen LogP contribution < -0.4 is 15.8 Å². The van der Waals surface area contributed by atoms with E-state index in [-0.39, 0.29) is 41.7 Å². The summed E-state index contributed by atoms with van der Waals surface area (Å²) >= 11 is 0. The van der Waals surface area contributed by atoms with Crippen LogP contribution in [0.3, 0.4) is 0 Å². The Hall–Kier alpha value is -2.85. The lowest BCUT2D eigenvalue weighted by atomic mass is 9.91. The lowest BCUT2D eigenvalue weighted by Gasteiger charge is -2.26. The normalized spacial score (nSPS) is 20.1. The van der Waals surface area contributed by atoms with Gasteiger partial charge in [0.2, 0.25) is 0 Å². The molecule has 2 aliphatic carbocycles. The number of ether oxygens (including phenoxy) is 1. The lowest BCUT2D eigenvalue weighted by molar-refractivity contribution is -0.137. The lowest BCUT2D eigenvalue weighted by Crippen LogP contribution is -2.40. The number of halogens is 4. The van der Waals surface area contributed by atoms with E-state index in [9.17, 15) is 18.0 Å². The monoisotopic (exact) mass is 523 g/mol. The average Bonchev–Trinajstić information content (AvgIpc) is 3.58. The van der Waals surface area contributed by atoms with E-state index in [1.54, 1.807) is 6.92 Å². The van der Waals surface area contributed by atoms with Crippen molar-refractivity contribution < 1.29 is 22.7 Å². The molecule has 0 atom stereocenters. The Labute approximate surface area is 212 Å². The molecule has 0 unspecified atom stereocenters. The molecule has 2 saturated carbocycles. The third-order valence-corrected chi connectivity index (χ3v) is 6.84. The van der Waals surface area contributed by atoms with Crippen molar-refractivity contribution >= 4 is 29.3 Å².